The fourth-order valence-electron chi connectivity index (χ4n) is 3.58. The minimum Gasteiger partial charge on any atom is -0.465 e. The zero-order valence-electron chi connectivity index (χ0n) is 17.5. The van der Waals surface area contributed by atoms with Crippen molar-refractivity contribution in [1.82, 2.24) is 14.7 Å². The lowest BCUT2D eigenvalue weighted by atomic mass is 9.96. The SMILES string of the molecule is CCCOC(=O)CN1CCC(CN2CCN(C(=O)OC(C)(C)C)CC2)CC1. The Kier molecular flexibility index (Phi) is 8.35. The predicted octanol–water partition coefficient (Wildman–Crippen LogP) is 2.20. The molecule has 7 heteroatoms. The number of hydrogen-bond donors (Lipinski definition) is 0. The van der Waals surface area contributed by atoms with Gasteiger partial charge in [-0.15, -0.1) is 0 Å². The largest absolute Gasteiger partial charge is 0.465 e. The molecule has 0 N–H and O–H groups in total. The van der Waals surface area contributed by atoms with Gasteiger partial charge in [-0.25, -0.2) is 4.79 Å². The highest BCUT2D eigenvalue weighted by atomic mass is 16.6. The normalized spacial score (nSPS) is 20.5. The summed E-state index contributed by atoms with van der Waals surface area (Å²) in [5.74, 6) is 0.564. The number of carbonyl (C=O) groups excluding carboxylic acids is 2. The highest BCUT2D eigenvalue weighted by Gasteiger charge is 2.28. The van der Waals surface area contributed by atoms with Crippen molar-refractivity contribution >= 4 is 12.1 Å². The Morgan fingerprint density at radius 1 is 0.963 bits per heavy atom. The maximum atomic E-state index is 12.1. The molecule has 27 heavy (non-hydrogen) atoms. The van der Waals surface area contributed by atoms with Gasteiger partial charge in [0.05, 0.1) is 13.2 Å². The molecule has 0 aliphatic carbocycles. The van der Waals surface area contributed by atoms with Crippen LogP contribution in [-0.2, 0) is 14.3 Å². The van der Waals surface area contributed by atoms with E-state index in [-0.39, 0.29) is 12.1 Å². The first kappa shape index (κ1) is 22.0. The molecule has 2 aliphatic rings. The second-order valence-electron chi connectivity index (χ2n) is 8.71. The van der Waals surface area contributed by atoms with Gasteiger partial charge in [0.2, 0.25) is 0 Å². The number of piperidine rings is 1. The lowest BCUT2D eigenvalue weighted by molar-refractivity contribution is -0.145. The van der Waals surface area contributed by atoms with Crippen molar-refractivity contribution in [1.29, 1.82) is 0 Å². The molecule has 0 radical (unpaired) electrons. The molecule has 2 fully saturated rings. The van der Waals surface area contributed by atoms with E-state index >= 15 is 0 Å². The summed E-state index contributed by atoms with van der Waals surface area (Å²) in [7, 11) is 0. The van der Waals surface area contributed by atoms with E-state index in [2.05, 4.69) is 9.80 Å². The Hall–Kier alpha value is -1.34. The van der Waals surface area contributed by atoms with Crippen molar-refractivity contribution in [3.63, 3.8) is 0 Å². The molecule has 2 saturated heterocycles. The van der Waals surface area contributed by atoms with Crippen molar-refractivity contribution in [2.45, 2.75) is 52.6 Å². The van der Waals surface area contributed by atoms with Crippen molar-refractivity contribution in [2.24, 2.45) is 5.92 Å². The smallest absolute Gasteiger partial charge is 0.410 e. The number of likely N-dealkylation sites (tertiary alicyclic amines) is 1. The van der Waals surface area contributed by atoms with Gasteiger partial charge in [-0.2, -0.15) is 0 Å². The van der Waals surface area contributed by atoms with E-state index in [1.54, 1.807) is 0 Å². The van der Waals surface area contributed by atoms with E-state index < -0.39 is 5.60 Å². The molecule has 1 amide bonds. The molecule has 0 bridgehead atoms. The Morgan fingerprint density at radius 3 is 2.15 bits per heavy atom. The van der Waals surface area contributed by atoms with E-state index in [4.69, 9.17) is 9.47 Å². The third-order valence-electron chi connectivity index (χ3n) is 5.07. The molecule has 2 heterocycles. The van der Waals surface area contributed by atoms with Crippen LogP contribution in [0.1, 0.15) is 47.0 Å². The minimum atomic E-state index is -0.439. The number of esters is 1. The van der Waals surface area contributed by atoms with Crippen molar-refractivity contribution in [3.05, 3.63) is 0 Å². The molecule has 2 rings (SSSR count). The minimum absolute atomic E-state index is 0.103. The molecule has 2 aliphatic heterocycles. The summed E-state index contributed by atoms with van der Waals surface area (Å²) in [6.45, 7) is 14.9. The van der Waals surface area contributed by atoms with Crippen LogP contribution in [0.2, 0.25) is 0 Å². The van der Waals surface area contributed by atoms with Gasteiger partial charge in [0, 0.05) is 32.7 Å². The average molecular weight is 384 g/mol. The number of carbonyl (C=O) groups is 2. The van der Waals surface area contributed by atoms with Gasteiger partial charge in [-0.05, 0) is 59.0 Å². The summed E-state index contributed by atoms with van der Waals surface area (Å²) in [6.07, 6.45) is 2.90. The molecule has 0 atom stereocenters. The van der Waals surface area contributed by atoms with Gasteiger partial charge < -0.3 is 14.4 Å². The van der Waals surface area contributed by atoms with Gasteiger partial charge >= 0.3 is 12.1 Å². The molecule has 0 unspecified atom stereocenters. The fraction of sp³-hybridized carbons (Fsp3) is 0.900. The van der Waals surface area contributed by atoms with Gasteiger partial charge in [-0.1, -0.05) is 6.92 Å². The van der Waals surface area contributed by atoms with E-state index in [1.165, 1.54) is 0 Å². The number of hydrogen-bond acceptors (Lipinski definition) is 6. The van der Waals surface area contributed by atoms with Crippen LogP contribution in [0.3, 0.4) is 0 Å². The van der Waals surface area contributed by atoms with Crippen molar-refractivity contribution in [2.75, 3.05) is 59.0 Å². The molecule has 7 nitrogen and oxygen atoms in total. The predicted molar refractivity (Wildman–Crippen MR) is 105 cm³/mol. The van der Waals surface area contributed by atoms with Crippen LogP contribution in [0.5, 0.6) is 0 Å². The van der Waals surface area contributed by atoms with Crippen molar-refractivity contribution < 1.29 is 19.1 Å². The molecule has 0 aromatic heterocycles. The first-order valence-electron chi connectivity index (χ1n) is 10.3. The van der Waals surface area contributed by atoms with Crippen LogP contribution in [0, 0.1) is 5.92 Å². The molecular weight excluding hydrogens is 346 g/mol. The summed E-state index contributed by atoms with van der Waals surface area (Å²) < 4.78 is 10.6. The van der Waals surface area contributed by atoms with E-state index in [0.29, 0.717) is 19.1 Å². The number of piperazine rings is 1. The second-order valence-corrected chi connectivity index (χ2v) is 8.71. The number of rotatable bonds is 6. The maximum absolute atomic E-state index is 12.1. The Bertz CT molecular complexity index is 476. The zero-order chi connectivity index (χ0) is 19.9. The molecule has 0 spiro atoms. The Labute approximate surface area is 163 Å². The monoisotopic (exact) mass is 383 g/mol. The summed E-state index contributed by atoms with van der Waals surface area (Å²) in [4.78, 5) is 30.3. The number of ether oxygens (including phenoxy) is 2. The zero-order valence-corrected chi connectivity index (χ0v) is 17.5. The first-order valence-corrected chi connectivity index (χ1v) is 10.3. The lowest BCUT2D eigenvalue weighted by Gasteiger charge is -2.39. The molecular formula is C20H37N3O4. The third-order valence-corrected chi connectivity index (χ3v) is 5.07. The Morgan fingerprint density at radius 2 is 1.59 bits per heavy atom. The van der Waals surface area contributed by atoms with Gasteiger partial charge in [-0.3, -0.25) is 14.6 Å². The fourth-order valence-corrected chi connectivity index (χ4v) is 3.58. The molecule has 156 valence electrons. The highest BCUT2D eigenvalue weighted by molar-refractivity contribution is 5.71. The third kappa shape index (κ3) is 8.05. The van der Waals surface area contributed by atoms with Crippen molar-refractivity contribution in [3.8, 4) is 0 Å². The summed E-state index contributed by atoms with van der Waals surface area (Å²) in [5, 5.41) is 0. The standard InChI is InChI=1S/C20H37N3O4/c1-5-14-26-18(24)16-21-8-6-17(7-9-21)15-22-10-12-23(13-11-22)19(25)27-20(2,3)4/h17H,5-16H2,1-4H3. The molecule has 0 aromatic carbocycles. The van der Waals surface area contributed by atoms with Gasteiger partial charge in [0.25, 0.3) is 0 Å². The van der Waals surface area contributed by atoms with Gasteiger partial charge in [0.15, 0.2) is 0 Å². The Balaban J connectivity index is 1.63. The summed E-state index contributed by atoms with van der Waals surface area (Å²) in [5.41, 5.74) is -0.439. The van der Waals surface area contributed by atoms with Crippen LogP contribution in [-0.4, -0.2) is 91.3 Å². The van der Waals surface area contributed by atoms with Crippen LogP contribution < -0.4 is 0 Å². The van der Waals surface area contributed by atoms with E-state index in [9.17, 15) is 9.59 Å². The maximum Gasteiger partial charge on any atom is 0.410 e. The summed E-state index contributed by atoms with van der Waals surface area (Å²) in [6, 6.07) is 0. The van der Waals surface area contributed by atoms with Crippen LogP contribution in [0.25, 0.3) is 0 Å². The quantitative estimate of drug-likeness (QED) is 0.656. The second kappa shape index (κ2) is 10.3. The molecule has 0 saturated carbocycles. The van der Waals surface area contributed by atoms with E-state index in [0.717, 1.165) is 65.1 Å². The van der Waals surface area contributed by atoms with Gasteiger partial charge in [0.1, 0.15) is 5.60 Å². The van der Waals surface area contributed by atoms with Crippen LogP contribution >= 0.6 is 0 Å². The highest BCUT2D eigenvalue weighted by Crippen LogP contribution is 2.20. The van der Waals surface area contributed by atoms with E-state index in [1.807, 2.05) is 32.6 Å². The topological polar surface area (TPSA) is 62.3 Å². The number of nitrogens with zero attached hydrogens (tertiary/aromatic N) is 3. The number of amides is 1. The lowest BCUT2D eigenvalue weighted by Crippen LogP contribution is -2.51. The average Bonchev–Trinajstić information content (AvgIpc) is 2.61. The van der Waals surface area contributed by atoms with Crippen LogP contribution in [0.15, 0.2) is 0 Å². The molecule has 0 aromatic rings. The van der Waals surface area contributed by atoms with Crippen LogP contribution in [0.4, 0.5) is 4.79 Å². The summed E-state index contributed by atoms with van der Waals surface area (Å²) >= 11 is 0. The first-order chi connectivity index (χ1) is 12.8.